The van der Waals surface area contributed by atoms with Crippen LogP contribution in [0.5, 0.6) is 0 Å². The number of nitrogens with one attached hydrogen (secondary N) is 1. The molecule has 0 aromatic heterocycles. The lowest BCUT2D eigenvalue weighted by atomic mass is 9.78. The van der Waals surface area contributed by atoms with Gasteiger partial charge in [0.2, 0.25) is 0 Å². The van der Waals surface area contributed by atoms with E-state index in [9.17, 15) is 17.6 Å². The fourth-order valence-corrected chi connectivity index (χ4v) is 4.51. The number of carbonyl (C=O) groups excluding carboxylic acids is 1. The molecule has 2 rings (SSSR count). The van der Waals surface area contributed by atoms with Gasteiger partial charge >= 0.3 is 0 Å². The Bertz CT molecular complexity index is 717. The number of hydrogen-bond donors (Lipinski definition) is 1. The van der Waals surface area contributed by atoms with E-state index in [4.69, 9.17) is 33.9 Å². The minimum absolute atomic E-state index is 0.314. The highest BCUT2D eigenvalue weighted by atomic mass is 35.7. The van der Waals surface area contributed by atoms with Crippen LogP contribution in [0.2, 0.25) is 10.0 Å². The molecule has 1 aromatic rings. The van der Waals surface area contributed by atoms with Crippen molar-refractivity contribution in [3.63, 3.8) is 0 Å². The zero-order valence-corrected chi connectivity index (χ0v) is 13.9. The molecule has 116 valence electrons. The van der Waals surface area contributed by atoms with Crippen LogP contribution in [-0.2, 0) is 9.05 Å². The fourth-order valence-electron chi connectivity index (χ4n) is 2.13. The van der Waals surface area contributed by atoms with Crippen molar-refractivity contribution in [2.45, 2.75) is 36.6 Å². The molecule has 0 spiro atoms. The fraction of sp³-hybridized carbons (Fsp3) is 0.417. The lowest BCUT2D eigenvalue weighted by molar-refractivity contribution is 0.0850. The number of amides is 1. The first kappa shape index (κ1) is 16.8. The molecule has 0 saturated heterocycles. The van der Waals surface area contributed by atoms with Gasteiger partial charge in [-0.05, 0) is 32.3 Å². The van der Waals surface area contributed by atoms with Gasteiger partial charge in [0.05, 0.1) is 15.6 Å². The first-order valence-corrected chi connectivity index (χ1v) is 9.06. The van der Waals surface area contributed by atoms with Crippen LogP contribution in [0, 0.1) is 5.82 Å². The Labute approximate surface area is 136 Å². The van der Waals surface area contributed by atoms with E-state index in [2.05, 4.69) is 5.32 Å². The highest BCUT2D eigenvalue weighted by Gasteiger charge is 2.35. The zero-order chi connectivity index (χ0) is 16.0. The molecule has 0 atom stereocenters. The maximum atomic E-state index is 13.7. The summed E-state index contributed by atoms with van der Waals surface area (Å²) in [5.74, 6) is -1.75. The molecule has 1 fully saturated rings. The van der Waals surface area contributed by atoms with Gasteiger partial charge in [0.25, 0.3) is 15.0 Å². The van der Waals surface area contributed by atoms with Crippen molar-refractivity contribution in [3.8, 4) is 0 Å². The maximum absolute atomic E-state index is 13.7. The second-order valence-electron chi connectivity index (χ2n) is 5.17. The van der Waals surface area contributed by atoms with Crippen LogP contribution < -0.4 is 5.32 Å². The average molecular weight is 375 g/mol. The molecule has 1 aliphatic carbocycles. The van der Waals surface area contributed by atoms with E-state index in [0.29, 0.717) is 0 Å². The minimum Gasteiger partial charge on any atom is -0.347 e. The van der Waals surface area contributed by atoms with Crippen molar-refractivity contribution in [1.29, 1.82) is 0 Å². The van der Waals surface area contributed by atoms with Crippen molar-refractivity contribution in [2.24, 2.45) is 0 Å². The van der Waals surface area contributed by atoms with E-state index in [1.54, 1.807) is 0 Å². The zero-order valence-electron chi connectivity index (χ0n) is 10.8. The standard InChI is InChI=1S/C12H11Cl3FNO3S/c1-12(3-2-4-12)17-11(18)6-5-7(16)9(14)10(8(6)13)21(15,19)20/h5H,2-4H2,1H3,(H,17,18). The Hall–Kier alpha value is -0.560. The van der Waals surface area contributed by atoms with E-state index in [0.717, 1.165) is 25.3 Å². The van der Waals surface area contributed by atoms with Crippen molar-refractivity contribution >= 4 is 48.8 Å². The summed E-state index contributed by atoms with van der Waals surface area (Å²) in [5.41, 5.74) is -0.706. The van der Waals surface area contributed by atoms with Crippen LogP contribution in [0.25, 0.3) is 0 Å². The molecule has 0 heterocycles. The summed E-state index contributed by atoms with van der Waals surface area (Å²) in [6.07, 6.45) is 2.54. The lowest BCUT2D eigenvalue weighted by Crippen LogP contribution is -2.51. The van der Waals surface area contributed by atoms with E-state index in [1.807, 2.05) is 6.92 Å². The first-order chi connectivity index (χ1) is 9.55. The molecular formula is C12H11Cl3FNO3S. The molecule has 1 saturated carbocycles. The second-order valence-corrected chi connectivity index (χ2v) is 8.43. The highest BCUT2D eigenvalue weighted by molar-refractivity contribution is 8.14. The summed E-state index contributed by atoms with van der Waals surface area (Å²) in [6.45, 7) is 1.84. The van der Waals surface area contributed by atoms with Crippen LogP contribution in [0.4, 0.5) is 4.39 Å². The largest absolute Gasteiger partial charge is 0.347 e. The number of hydrogen-bond acceptors (Lipinski definition) is 3. The topological polar surface area (TPSA) is 63.2 Å². The van der Waals surface area contributed by atoms with Crippen LogP contribution in [0.15, 0.2) is 11.0 Å². The van der Waals surface area contributed by atoms with Crippen LogP contribution in [0.1, 0.15) is 36.5 Å². The molecule has 1 aromatic carbocycles. The Balaban J connectivity index is 2.50. The summed E-state index contributed by atoms with van der Waals surface area (Å²) in [5, 5.41) is 1.48. The molecule has 0 bridgehead atoms. The SMILES string of the molecule is CC1(NC(=O)c2cc(F)c(Cl)c(S(=O)(=O)Cl)c2Cl)CCC1. The van der Waals surface area contributed by atoms with Gasteiger partial charge in [0.15, 0.2) is 0 Å². The Kier molecular flexibility index (Phi) is 4.46. The van der Waals surface area contributed by atoms with Gasteiger partial charge < -0.3 is 5.32 Å². The quantitative estimate of drug-likeness (QED) is 0.647. The molecule has 1 amide bonds. The second kappa shape index (κ2) is 5.57. The summed E-state index contributed by atoms with van der Waals surface area (Å²) < 4.78 is 36.7. The normalized spacial score (nSPS) is 17.2. The summed E-state index contributed by atoms with van der Waals surface area (Å²) in [6, 6.07) is 0.799. The van der Waals surface area contributed by atoms with Crippen molar-refractivity contribution in [3.05, 3.63) is 27.5 Å². The molecule has 0 aliphatic heterocycles. The molecule has 1 aliphatic rings. The highest BCUT2D eigenvalue weighted by Crippen LogP contribution is 2.37. The number of carbonyl (C=O) groups is 1. The summed E-state index contributed by atoms with van der Waals surface area (Å²) >= 11 is 11.5. The van der Waals surface area contributed by atoms with E-state index in [1.165, 1.54) is 0 Å². The van der Waals surface area contributed by atoms with Crippen LogP contribution in [-0.4, -0.2) is 19.9 Å². The van der Waals surface area contributed by atoms with Gasteiger partial charge in [-0.3, -0.25) is 4.79 Å². The van der Waals surface area contributed by atoms with Gasteiger partial charge in [-0.15, -0.1) is 0 Å². The van der Waals surface area contributed by atoms with Crippen molar-refractivity contribution < 1.29 is 17.6 Å². The molecule has 21 heavy (non-hydrogen) atoms. The molecule has 4 nitrogen and oxygen atoms in total. The Morgan fingerprint density at radius 3 is 2.33 bits per heavy atom. The van der Waals surface area contributed by atoms with Crippen molar-refractivity contribution in [1.82, 2.24) is 5.32 Å². The molecule has 0 unspecified atom stereocenters. The predicted octanol–water partition coefficient (Wildman–Crippen LogP) is 3.73. The minimum atomic E-state index is -4.39. The van der Waals surface area contributed by atoms with Gasteiger partial charge in [-0.25, -0.2) is 12.8 Å². The third-order valence-corrected chi connectivity index (χ3v) is 5.82. The first-order valence-electron chi connectivity index (χ1n) is 6.00. The average Bonchev–Trinajstić information content (AvgIpc) is 2.30. The van der Waals surface area contributed by atoms with Gasteiger partial charge in [0.1, 0.15) is 10.7 Å². The number of halogens is 4. The third kappa shape index (κ3) is 3.28. The van der Waals surface area contributed by atoms with Gasteiger partial charge in [0, 0.05) is 16.2 Å². The summed E-state index contributed by atoms with van der Waals surface area (Å²) in [4.78, 5) is 11.4. The molecule has 9 heteroatoms. The van der Waals surface area contributed by atoms with Crippen LogP contribution in [0.3, 0.4) is 0 Å². The number of benzene rings is 1. The summed E-state index contributed by atoms with van der Waals surface area (Å²) in [7, 11) is 0.805. The van der Waals surface area contributed by atoms with Gasteiger partial charge in [-0.1, -0.05) is 23.2 Å². The molecular weight excluding hydrogens is 364 g/mol. The van der Waals surface area contributed by atoms with Crippen molar-refractivity contribution in [2.75, 3.05) is 0 Å². The smallest absolute Gasteiger partial charge is 0.264 e. The van der Waals surface area contributed by atoms with E-state index < -0.39 is 41.3 Å². The lowest BCUT2D eigenvalue weighted by Gasteiger charge is -2.39. The monoisotopic (exact) mass is 373 g/mol. The Morgan fingerprint density at radius 1 is 1.33 bits per heavy atom. The third-order valence-electron chi connectivity index (χ3n) is 3.48. The maximum Gasteiger partial charge on any atom is 0.264 e. The number of rotatable bonds is 3. The molecule has 0 radical (unpaired) electrons. The Morgan fingerprint density at radius 2 is 1.90 bits per heavy atom. The van der Waals surface area contributed by atoms with E-state index >= 15 is 0 Å². The van der Waals surface area contributed by atoms with Crippen LogP contribution >= 0.6 is 33.9 Å². The van der Waals surface area contributed by atoms with Gasteiger partial charge in [-0.2, -0.15) is 0 Å². The van der Waals surface area contributed by atoms with E-state index in [-0.39, 0.29) is 5.56 Å². The predicted molar refractivity (Wildman–Crippen MR) is 79.2 cm³/mol. The molecule has 1 N–H and O–H groups in total.